The van der Waals surface area contributed by atoms with Crippen LogP contribution in [0.2, 0.25) is 0 Å². The quantitative estimate of drug-likeness (QED) is 0.913. The molecule has 2 aliphatic rings. The number of rotatable bonds is 2. The Bertz CT molecular complexity index is 643. The van der Waals surface area contributed by atoms with E-state index in [0.717, 1.165) is 32.7 Å². The van der Waals surface area contributed by atoms with Crippen molar-refractivity contribution < 1.29 is 4.74 Å². The van der Waals surface area contributed by atoms with Gasteiger partial charge in [-0.15, -0.1) is 0 Å². The maximum Gasteiger partial charge on any atom is 0.0741 e. The molecule has 1 unspecified atom stereocenters. The van der Waals surface area contributed by atoms with Crippen LogP contribution < -0.4 is 5.32 Å². The van der Waals surface area contributed by atoms with Crippen LogP contribution in [0.5, 0.6) is 0 Å². The Balaban J connectivity index is 1.76. The number of nitrogens with zero attached hydrogens (tertiary/aromatic N) is 1. The summed E-state index contributed by atoms with van der Waals surface area (Å²) in [7, 11) is 0. The van der Waals surface area contributed by atoms with Crippen LogP contribution >= 0.6 is 15.9 Å². The van der Waals surface area contributed by atoms with E-state index in [1.165, 1.54) is 39.3 Å². The first-order valence-electron chi connectivity index (χ1n) is 7.44. The van der Waals surface area contributed by atoms with Gasteiger partial charge in [0, 0.05) is 42.1 Å². The van der Waals surface area contributed by atoms with Crippen molar-refractivity contribution in [3.63, 3.8) is 0 Å². The van der Waals surface area contributed by atoms with Gasteiger partial charge in [-0.2, -0.15) is 0 Å². The van der Waals surface area contributed by atoms with E-state index in [2.05, 4.69) is 44.1 Å². The maximum absolute atomic E-state index is 5.87. The van der Waals surface area contributed by atoms with E-state index in [4.69, 9.17) is 4.74 Å². The van der Waals surface area contributed by atoms with Crippen molar-refractivity contribution in [2.75, 3.05) is 19.7 Å². The van der Waals surface area contributed by atoms with Crippen LogP contribution in [-0.4, -0.2) is 30.4 Å². The smallest absolute Gasteiger partial charge is 0.0741 e. The summed E-state index contributed by atoms with van der Waals surface area (Å²) in [6.07, 6.45) is 6.10. The van der Waals surface area contributed by atoms with E-state index >= 15 is 0 Å². The predicted molar refractivity (Wildman–Crippen MR) is 84.3 cm³/mol. The SMILES string of the molecule is Brc1cc2c3c(c1)c(CC1CNCCO1)cn3CCC2. The number of hydrogen-bond acceptors (Lipinski definition) is 2. The first-order valence-corrected chi connectivity index (χ1v) is 8.23. The highest BCUT2D eigenvalue weighted by Crippen LogP contribution is 2.33. The van der Waals surface area contributed by atoms with Crippen LogP contribution in [0.4, 0.5) is 0 Å². The van der Waals surface area contributed by atoms with Gasteiger partial charge in [-0.05, 0) is 36.1 Å². The van der Waals surface area contributed by atoms with Gasteiger partial charge >= 0.3 is 0 Å². The van der Waals surface area contributed by atoms with Crippen molar-refractivity contribution in [2.24, 2.45) is 0 Å². The molecule has 1 atom stereocenters. The van der Waals surface area contributed by atoms with Crippen LogP contribution in [0.25, 0.3) is 10.9 Å². The Kier molecular flexibility index (Phi) is 3.33. The molecule has 1 N–H and O–H groups in total. The minimum Gasteiger partial charge on any atom is -0.375 e. The summed E-state index contributed by atoms with van der Waals surface area (Å²) in [6, 6.07) is 4.55. The fourth-order valence-corrected chi connectivity index (χ4v) is 4.03. The minimum absolute atomic E-state index is 0.311. The van der Waals surface area contributed by atoms with Crippen molar-refractivity contribution in [3.8, 4) is 0 Å². The molecule has 0 bridgehead atoms. The highest BCUT2D eigenvalue weighted by atomic mass is 79.9. The second kappa shape index (κ2) is 5.17. The molecule has 4 heteroatoms. The van der Waals surface area contributed by atoms with Gasteiger partial charge in [0.25, 0.3) is 0 Å². The first kappa shape index (κ1) is 12.9. The Morgan fingerprint density at radius 1 is 1.40 bits per heavy atom. The summed E-state index contributed by atoms with van der Waals surface area (Å²) in [4.78, 5) is 0. The highest BCUT2D eigenvalue weighted by Gasteiger charge is 2.20. The highest BCUT2D eigenvalue weighted by molar-refractivity contribution is 9.10. The number of aromatic nitrogens is 1. The molecule has 1 aromatic heterocycles. The second-order valence-electron chi connectivity index (χ2n) is 5.81. The number of hydrogen-bond donors (Lipinski definition) is 1. The van der Waals surface area contributed by atoms with Crippen LogP contribution in [0, 0.1) is 0 Å². The lowest BCUT2D eigenvalue weighted by Gasteiger charge is -2.23. The fraction of sp³-hybridized carbons (Fsp3) is 0.500. The lowest BCUT2D eigenvalue weighted by atomic mass is 10.0. The minimum atomic E-state index is 0.311. The van der Waals surface area contributed by atoms with Crippen molar-refractivity contribution >= 4 is 26.8 Å². The number of halogens is 1. The van der Waals surface area contributed by atoms with Gasteiger partial charge in [0.05, 0.1) is 18.2 Å². The summed E-state index contributed by atoms with van der Waals surface area (Å²) in [6.45, 7) is 3.93. The molecule has 3 nitrogen and oxygen atoms in total. The molecule has 1 fully saturated rings. The lowest BCUT2D eigenvalue weighted by Crippen LogP contribution is -2.39. The maximum atomic E-state index is 5.87. The van der Waals surface area contributed by atoms with E-state index in [1.807, 2.05) is 0 Å². The van der Waals surface area contributed by atoms with E-state index in [1.54, 1.807) is 0 Å². The Labute approximate surface area is 127 Å². The zero-order valence-electron chi connectivity index (χ0n) is 11.5. The van der Waals surface area contributed by atoms with Crippen LogP contribution in [0.1, 0.15) is 17.5 Å². The summed E-state index contributed by atoms with van der Waals surface area (Å²) < 4.78 is 9.50. The molecule has 1 saturated heterocycles. The molecule has 20 heavy (non-hydrogen) atoms. The number of aryl methyl sites for hydroxylation is 2. The largest absolute Gasteiger partial charge is 0.375 e. The van der Waals surface area contributed by atoms with Gasteiger partial charge in [-0.1, -0.05) is 15.9 Å². The van der Waals surface area contributed by atoms with Gasteiger partial charge < -0.3 is 14.6 Å². The monoisotopic (exact) mass is 334 g/mol. The molecule has 0 spiro atoms. The molecule has 2 aliphatic heterocycles. The molecule has 0 saturated carbocycles. The molecule has 0 amide bonds. The molecular weight excluding hydrogens is 316 g/mol. The predicted octanol–water partition coefficient (Wildman–Crippen LogP) is 2.88. The third-order valence-corrected chi connectivity index (χ3v) is 4.85. The normalized spacial score (nSPS) is 22.4. The third-order valence-electron chi connectivity index (χ3n) is 4.40. The first-order chi connectivity index (χ1) is 9.81. The van der Waals surface area contributed by atoms with E-state index in [-0.39, 0.29) is 0 Å². The van der Waals surface area contributed by atoms with Crippen LogP contribution in [0.3, 0.4) is 0 Å². The van der Waals surface area contributed by atoms with Crippen LogP contribution in [0.15, 0.2) is 22.8 Å². The molecule has 1 aromatic carbocycles. The zero-order valence-corrected chi connectivity index (χ0v) is 13.1. The van der Waals surface area contributed by atoms with Crippen LogP contribution in [-0.2, 0) is 24.1 Å². The average Bonchev–Trinajstić information content (AvgIpc) is 2.79. The Morgan fingerprint density at radius 3 is 3.20 bits per heavy atom. The molecule has 2 aromatic rings. The molecule has 3 heterocycles. The Morgan fingerprint density at radius 2 is 2.35 bits per heavy atom. The van der Waals surface area contributed by atoms with Gasteiger partial charge in [0.2, 0.25) is 0 Å². The van der Waals surface area contributed by atoms with E-state index < -0.39 is 0 Å². The van der Waals surface area contributed by atoms with Crippen molar-refractivity contribution in [1.29, 1.82) is 0 Å². The van der Waals surface area contributed by atoms with Crippen molar-refractivity contribution in [2.45, 2.75) is 31.9 Å². The molecule has 4 rings (SSSR count). The second-order valence-corrected chi connectivity index (χ2v) is 6.73. The summed E-state index contributed by atoms with van der Waals surface area (Å²) >= 11 is 3.66. The Hall–Kier alpha value is -0.840. The summed E-state index contributed by atoms with van der Waals surface area (Å²) in [5, 5.41) is 4.82. The van der Waals surface area contributed by atoms with Gasteiger partial charge in [-0.3, -0.25) is 0 Å². The van der Waals surface area contributed by atoms with Crippen molar-refractivity contribution in [1.82, 2.24) is 9.88 Å². The van der Waals surface area contributed by atoms with Gasteiger partial charge in [0.1, 0.15) is 0 Å². The topological polar surface area (TPSA) is 26.2 Å². The molecule has 0 radical (unpaired) electrons. The van der Waals surface area contributed by atoms with Gasteiger partial charge in [-0.25, -0.2) is 0 Å². The molecular formula is C16H19BrN2O. The van der Waals surface area contributed by atoms with E-state index in [9.17, 15) is 0 Å². The summed E-state index contributed by atoms with van der Waals surface area (Å²) in [5.74, 6) is 0. The number of benzene rings is 1. The number of morpholine rings is 1. The van der Waals surface area contributed by atoms with Crippen molar-refractivity contribution in [3.05, 3.63) is 33.9 Å². The average molecular weight is 335 g/mol. The van der Waals surface area contributed by atoms with Gasteiger partial charge in [0.15, 0.2) is 0 Å². The number of nitrogens with one attached hydrogen (secondary N) is 1. The number of ether oxygens (including phenoxy) is 1. The molecule has 106 valence electrons. The summed E-state index contributed by atoms with van der Waals surface area (Å²) in [5.41, 5.74) is 4.35. The molecule has 0 aliphatic carbocycles. The zero-order chi connectivity index (χ0) is 13.5. The van der Waals surface area contributed by atoms with E-state index in [0.29, 0.717) is 6.10 Å². The fourth-order valence-electron chi connectivity index (χ4n) is 3.53. The standard InChI is InChI=1S/C16H19BrN2O/c17-13-6-11-2-1-4-19-10-12(15(8-13)16(11)19)7-14-9-18-3-5-20-14/h6,8,10,14,18H,1-5,7,9H2. The third kappa shape index (κ3) is 2.20. The lowest BCUT2D eigenvalue weighted by molar-refractivity contribution is 0.0294.